The highest BCUT2D eigenvalue weighted by Gasteiger charge is 2.22. The summed E-state index contributed by atoms with van der Waals surface area (Å²) in [6.45, 7) is 6.11. The number of amides is 2. The highest BCUT2D eigenvalue weighted by Crippen LogP contribution is 2.29. The third-order valence-electron chi connectivity index (χ3n) is 2.56. The number of nitrogens with zero attached hydrogens (tertiary/aromatic N) is 4. The molecule has 0 bridgehead atoms. The number of urea groups is 1. The van der Waals surface area contributed by atoms with Crippen molar-refractivity contribution in [1.29, 1.82) is 0 Å². The lowest BCUT2D eigenvalue weighted by Gasteiger charge is -2.24. The van der Waals surface area contributed by atoms with E-state index in [4.69, 9.17) is 11.6 Å². The minimum Gasteiger partial charge on any atom is -0.330 e. The van der Waals surface area contributed by atoms with Crippen molar-refractivity contribution >= 4 is 23.4 Å². The first-order valence-corrected chi connectivity index (χ1v) is 6.01. The lowest BCUT2D eigenvalue weighted by atomic mass is 9.88. The minimum atomic E-state index is -0.161. The Balaban J connectivity index is 3.17. The Morgan fingerprint density at radius 3 is 2.22 bits per heavy atom. The number of aromatic nitrogens is 2. The van der Waals surface area contributed by atoms with E-state index in [1.165, 1.54) is 9.80 Å². The summed E-state index contributed by atoms with van der Waals surface area (Å²) in [6, 6.07) is 1.64. The van der Waals surface area contributed by atoms with Crippen LogP contribution in [-0.4, -0.2) is 42.3 Å². The Kier molecular flexibility index (Phi) is 4.16. The summed E-state index contributed by atoms with van der Waals surface area (Å²) < 4.78 is 0. The van der Waals surface area contributed by atoms with Crippen LogP contribution in [0.4, 0.5) is 10.6 Å². The number of rotatable bonds is 1. The van der Waals surface area contributed by atoms with Crippen LogP contribution in [0.25, 0.3) is 0 Å². The predicted octanol–water partition coefficient (Wildman–Crippen LogP) is 2.55. The van der Waals surface area contributed by atoms with E-state index in [2.05, 4.69) is 10.2 Å². The quantitative estimate of drug-likeness (QED) is 0.788. The second kappa shape index (κ2) is 5.10. The van der Waals surface area contributed by atoms with E-state index in [-0.39, 0.29) is 11.4 Å². The molecule has 1 rings (SSSR count). The lowest BCUT2D eigenvalue weighted by Crippen LogP contribution is -2.37. The van der Waals surface area contributed by atoms with Crippen molar-refractivity contribution in [1.82, 2.24) is 15.1 Å². The van der Waals surface area contributed by atoms with Crippen molar-refractivity contribution in [2.75, 3.05) is 26.0 Å². The van der Waals surface area contributed by atoms with Crippen molar-refractivity contribution < 1.29 is 4.79 Å². The van der Waals surface area contributed by atoms with Crippen molar-refractivity contribution in [3.05, 3.63) is 16.8 Å². The molecule has 0 radical (unpaired) electrons. The van der Waals surface area contributed by atoms with Gasteiger partial charge < -0.3 is 4.90 Å². The van der Waals surface area contributed by atoms with Gasteiger partial charge in [0.1, 0.15) is 0 Å². The summed E-state index contributed by atoms with van der Waals surface area (Å²) in [5.74, 6) is 0.489. The average Bonchev–Trinajstić information content (AvgIpc) is 2.26. The summed E-state index contributed by atoms with van der Waals surface area (Å²) in [5, 5.41) is 8.24. The molecule has 0 aromatic carbocycles. The Bertz CT molecular complexity index is 454. The lowest BCUT2D eigenvalue weighted by molar-refractivity contribution is 0.225. The van der Waals surface area contributed by atoms with Crippen LogP contribution < -0.4 is 4.90 Å². The van der Waals surface area contributed by atoms with Crippen LogP contribution in [0.5, 0.6) is 0 Å². The van der Waals surface area contributed by atoms with Crippen molar-refractivity contribution in [2.24, 2.45) is 0 Å². The van der Waals surface area contributed by atoms with Crippen molar-refractivity contribution in [3.8, 4) is 0 Å². The Morgan fingerprint density at radius 2 is 1.78 bits per heavy atom. The van der Waals surface area contributed by atoms with Crippen LogP contribution in [0, 0.1) is 0 Å². The van der Waals surface area contributed by atoms with E-state index in [1.54, 1.807) is 27.2 Å². The molecule has 0 atom stereocenters. The Labute approximate surface area is 113 Å². The van der Waals surface area contributed by atoms with E-state index in [0.717, 1.165) is 5.56 Å². The first-order chi connectivity index (χ1) is 8.14. The Hall–Kier alpha value is -1.36. The van der Waals surface area contributed by atoms with Crippen LogP contribution >= 0.6 is 11.6 Å². The largest absolute Gasteiger partial charge is 0.330 e. The van der Waals surface area contributed by atoms with Crippen LogP contribution in [0.2, 0.25) is 5.15 Å². The highest BCUT2D eigenvalue weighted by atomic mass is 35.5. The first kappa shape index (κ1) is 14.7. The zero-order valence-corrected chi connectivity index (χ0v) is 12.4. The monoisotopic (exact) mass is 270 g/mol. The molecule has 1 aromatic rings. The summed E-state index contributed by atoms with van der Waals surface area (Å²) in [4.78, 5) is 14.8. The molecular weight excluding hydrogens is 252 g/mol. The average molecular weight is 271 g/mol. The molecule has 0 N–H and O–H groups in total. The normalized spacial score (nSPS) is 11.3. The number of halogens is 1. The van der Waals surface area contributed by atoms with Gasteiger partial charge in [-0.15, -0.1) is 10.2 Å². The van der Waals surface area contributed by atoms with E-state index in [1.807, 2.05) is 20.8 Å². The maximum atomic E-state index is 11.8. The molecule has 0 aliphatic heterocycles. The van der Waals surface area contributed by atoms with Crippen molar-refractivity contribution in [2.45, 2.75) is 26.2 Å². The fourth-order valence-corrected chi connectivity index (χ4v) is 1.83. The highest BCUT2D eigenvalue weighted by molar-refractivity contribution is 6.30. The van der Waals surface area contributed by atoms with E-state index in [0.29, 0.717) is 11.0 Å². The van der Waals surface area contributed by atoms with Gasteiger partial charge in [0, 0.05) is 26.7 Å². The van der Waals surface area contributed by atoms with E-state index < -0.39 is 0 Å². The molecule has 18 heavy (non-hydrogen) atoms. The summed E-state index contributed by atoms with van der Waals surface area (Å²) >= 11 is 6.04. The standard InChI is InChI=1S/C12H19ClN4O/c1-12(2,3)8-7-9(14-15-10(8)13)17(6)11(18)16(4)5/h7H,1-6H3. The molecule has 2 amide bonds. The summed E-state index contributed by atoms with van der Waals surface area (Å²) in [7, 11) is 5.03. The zero-order valence-electron chi connectivity index (χ0n) is 11.7. The number of hydrogen-bond donors (Lipinski definition) is 0. The molecule has 0 spiro atoms. The van der Waals surface area contributed by atoms with Gasteiger partial charge in [-0.2, -0.15) is 0 Å². The molecule has 1 aromatic heterocycles. The molecule has 6 heteroatoms. The minimum absolute atomic E-state index is 0.149. The zero-order chi connectivity index (χ0) is 14.1. The van der Waals surface area contributed by atoms with Gasteiger partial charge in [-0.05, 0) is 11.5 Å². The van der Waals surface area contributed by atoms with Gasteiger partial charge in [0.05, 0.1) is 0 Å². The number of hydrogen-bond acceptors (Lipinski definition) is 3. The molecule has 0 saturated heterocycles. The predicted molar refractivity (Wildman–Crippen MR) is 73.2 cm³/mol. The Morgan fingerprint density at radius 1 is 1.22 bits per heavy atom. The molecule has 0 aliphatic rings. The maximum Gasteiger partial charge on any atom is 0.324 e. The molecular formula is C12H19ClN4O. The van der Waals surface area contributed by atoms with Crippen LogP contribution in [0.15, 0.2) is 6.07 Å². The second-order valence-electron chi connectivity index (χ2n) is 5.39. The molecule has 0 fully saturated rings. The van der Waals surface area contributed by atoms with Gasteiger partial charge in [0.15, 0.2) is 11.0 Å². The maximum absolute atomic E-state index is 11.8. The number of carbonyl (C=O) groups excluding carboxylic acids is 1. The SMILES string of the molecule is CN(C)C(=O)N(C)c1cc(C(C)(C)C)c(Cl)nn1. The van der Waals surface area contributed by atoms with Crippen LogP contribution in [0.1, 0.15) is 26.3 Å². The first-order valence-electron chi connectivity index (χ1n) is 5.63. The smallest absolute Gasteiger partial charge is 0.324 e. The van der Waals surface area contributed by atoms with Gasteiger partial charge in [-0.3, -0.25) is 4.90 Å². The summed E-state index contributed by atoms with van der Waals surface area (Å²) in [6.07, 6.45) is 0. The fourth-order valence-electron chi connectivity index (χ4n) is 1.45. The molecule has 5 nitrogen and oxygen atoms in total. The van der Waals surface area contributed by atoms with Crippen molar-refractivity contribution in [3.63, 3.8) is 0 Å². The van der Waals surface area contributed by atoms with Gasteiger partial charge in [-0.1, -0.05) is 32.4 Å². The van der Waals surface area contributed by atoms with Gasteiger partial charge in [-0.25, -0.2) is 4.79 Å². The topological polar surface area (TPSA) is 49.3 Å². The fraction of sp³-hybridized carbons (Fsp3) is 0.583. The molecule has 0 aliphatic carbocycles. The van der Waals surface area contributed by atoms with Crippen LogP contribution in [0.3, 0.4) is 0 Å². The third kappa shape index (κ3) is 3.10. The number of carbonyl (C=O) groups is 1. The van der Waals surface area contributed by atoms with E-state index >= 15 is 0 Å². The molecule has 0 saturated carbocycles. The summed E-state index contributed by atoms with van der Waals surface area (Å²) in [5.41, 5.74) is 0.719. The van der Waals surface area contributed by atoms with Crippen LogP contribution in [-0.2, 0) is 5.41 Å². The number of anilines is 1. The van der Waals surface area contributed by atoms with E-state index in [9.17, 15) is 4.79 Å². The van der Waals surface area contributed by atoms with Gasteiger partial charge in [0.25, 0.3) is 0 Å². The molecule has 0 unspecified atom stereocenters. The second-order valence-corrected chi connectivity index (χ2v) is 5.75. The van der Waals surface area contributed by atoms with Gasteiger partial charge in [0.2, 0.25) is 0 Å². The van der Waals surface area contributed by atoms with Gasteiger partial charge >= 0.3 is 6.03 Å². The third-order valence-corrected chi connectivity index (χ3v) is 2.84. The molecule has 100 valence electrons. The molecule has 1 heterocycles.